The van der Waals surface area contributed by atoms with Gasteiger partial charge < -0.3 is 19.9 Å². The maximum atomic E-state index is 12.3. The Labute approximate surface area is 145 Å². The van der Waals surface area contributed by atoms with E-state index in [-0.39, 0.29) is 30.9 Å². The van der Waals surface area contributed by atoms with E-state index in [2.05, 4.69) is 15.1 Å². The summed E-state index contributed by atoms with van der Waals surface area (Å²) in [7, 11) is 0. The molecule has 0 aromatic carbocycles. The summed E-state index contributed by atoms with van der Waals surface area (Å²) in [6.07, 6.45) is 5.61. The molecule has 0 aromatic heterocycles. The van der Waals surface area contributed by atoms with E-state index in [1.807, 2.05) is 0 Å². The number of rotatable bonds is 3. The lowest BCUT2D eigenvalue weighted by Crippen LogP contribution is -2.49. The van der Waals surface area contributed by atoms with Gasteiger partial charge >= 0.3 is 0 Å². The molecule has 3 saturated heterocycles. The lowest BCUT2D eigenvalue weighted by Gasteiger charge is -2.37. The minimum atomic E-state index is 0. The Balaban J connectivity index is 0.00000121. The van der Waals surface area contributed by atoms with E-state index >= 15 is 0 Å². The molecule has 0 bridgehead atoms. The van der Waals surface area contributed by atoms with Gasteiger partial charge in [0, 0.05) is 38.1 Å². The number of likely N-dealkylation sites (tertiary alicyclic amines) is 2. The van der Waals surface area contributed by atoms with Gasteiger partial charge in [0.1, 0.15) is 0 Å². The largest absolute Gasteiger partial charge is 0.378 e. The van der Waals surface area contributed by atoms with Crippen molar-refractivity contribution >= 4 is 30.7 Å². The molecule has 5 nitrogen and oxygen atoms in total. The van der Waals surface area contributed by atoms with Crippen LogP contribution in [0, 0.1) is 0 Å². The van der Waals surface area contributed by atoms with Gasteiger partial charge in [-0.1, -0.05) is 0 Å². The highest BCUT2D eigenvalue weighted by molar-refractivity contribution is 5.85. The Morgan fingerprint density at radius 1 is 1.09 bits per heavy atom. The molecule has 3 fully saturated rings. The molecule has 0 radical (unpaired) electrons. The van der Waals surface area contributed by atoms with E-state index in [1.54, 1.807) is 0 Å². The maximum Gasteiger partial charge on any atom is 0.224 e. The maximum absolute atomic E-state index is 12.3. The monoisotopic (exact) mass is 353 g/mol. The average Bonchev–Trinajstić information content (AvgIpc) is 3.03. The second-order valence-corrected chi connectivity index (χ2v) is 6.29. The van der Waals surface area contributed by atoms with E-state index in [4.69, 9.17) is 4.74 Å². The number of morpholine rings is 1. The molecule has 3 aliphatic rings. The first kappa shape index (κ1) is 20.0. The topological polar surface area (TPSA) is 44.8 Å². The fourth-order valence-corrected chi connectivity index (χ4v) is 3.68. The predicted molar refractivity (Wildman–Crippen MR) is 92.1 cm³/mol. The average molecular weight is 354 g/mol. The van der Waals surface area contributed by atoms with Crippen molar-refractivity contribution < 1.29 is 9.53 Å². The van der Waals surface area contributed by atoms with Crippen LogP contribution in [0.5, 0.6) is 0 Å². The van der Waals surface area contributed by atoms with Gasteiger partial charge in [-0.15, -0.1) is 24.8 Å². The smallest absolute Gasteiger partial charge is 0.224 e. The number of hydrogen-bond acceptors (Lipinski definition) is 4. The van der Waals surface area contributed by atoms with Gasteiger partial charge in [0.2, 0.25) is 5.91 Å². The fourth-order valence-electron chi connectivity index (χ4n) is 3.68. The van der Waals surface area contributed by atoms with Gasteiger partial charge in [-0.2, -0.15) is 0 Å². The van der Waals surface area contributed by atoms with Crippen molar-refractivity contribution in [1.82, 2.24) is 15.1 Å². The van der Waals surface area contributed by atoms with Crippen molar-refractivity contribution in [2.24, 2.45) is 0 Å². The summed E-state index contributed by atoms with van der Waals surface area (Å²) in [5.74, 6) is 0.299. The number of amides is 1. The summed E-state index contributed by atoms with van der Waals surface area (Å²) >= 11 is 0. The third kappa shape index (κ3) is 5.24. The van der Waals surface area contributed by atoms with Crippen LogP contribution < -0.4 is 5.32 Å². The molecule has 3 rings (SSSR count). The zero-order valence-electron chi connectivity index (χ0n) is 13.2. The van der Waals surface area contributed by atoms with E-state index in [0.29, 0.717) is 18.9 Å². The Kier molecular flexibility index (Phi) is 9.02. The first-order valence-electron chi connectivity index (χ1n) is 8.16. The highest BCUT2D eigenvalue weighted by atomic mass is 35.5. The minimum absolute atomic E-state index is 0. The van der Waals surface area contributed by atoms with Crippen molar-refractivity contribution in [1.29, 1.82) is 0 Å². The summed E-state index contributed by atoms with van der Waals surface area (Å²) in [5.41, 5.74) is 0. The first-order valence-corrected chi connectivity index (χ1v) is 8.16. The van der Waals surface area contributed by atoms with Crippen molar-refractivity contribution in [2.75, 3.05) is 45.9 Å². The van der Waals surface area contributed by atoms with Crippen LogP contribution in [0.3, 0.4) is 0 Å². The molecule has 1 unspecified atom stereocenters. The standard InChI is InChI=1S/C15H27N3O2.2ClH/c19-15(11-13-12-20-10-5-16-13)18-8-3-14(4-9-18)17-6-1-2-7-17;;/h13-14,16H,1-12H2;2*1H. The van der Waals surface area contributed by atoms with Crippen LogP contribution in [0.2, 0.25) is 0 Å². The minimum Gasteiger partial charge on any atom is -0.378 e. The van der Waals surface area contributed by atoms with Gasteiger partial charge in [0.25, 0.3) is 0 Å². The van der Waals surface area contributed by atoms with Gasteiger partial charge in [0.15, 0.2) is 0 Å². The number of nitrogens with zero attached hydrogens (tertiary/aromatic N) is 2. The molecule has 3 heterocycles. The van der Waals surface area contributed by atoms with E-state index < -0.39 is 0 Å². The molecule has 1 N–H and O–H groups in total. The lowest BCUT2D eigenvalue weighted by molar-refractivity contribution is -0.134. The molecule has 0 aliphatic carbocycles. The zero-order valence-corrected chi connectivity index (χ0v) is 14.8. The number of hydrogen-bond donors (Lipinski definition) is 1. The molecule has 1 amide bonds. The molecule has 0 aromatic rings. The summed E-state index contributed by atoms with van der Waals surface area (Å²) in [6.45, 7) is 6.72. The van der Waals surface area contributed by atoms with Crippen molar-refractivity contribution in [3.05, 3.63) is 0 Å². The molecule has 1 atom stereocenters. The van der Waals surface area contributed by atoms with Gasteiger partial charge in [-0.25, -0.2) is 0 Å². The summed E-state index contributed by atoms with van der Waals surface area (Å²) < 4.78 is 5.41. The molecule has 3 aliphatic heterocycles. The molecule has 0 spiro atoms. The van der Waals surface area contributed by atoms with E-state index in [0.717, 1.165) is 45.1 Å². The Morgan fingerprint density at radius 3 is 2.36 bits per heavy atom. The number of carbonyl (C=O) groups excluding carboxylic acids is 1. The lowest BCUT2D eigenvalue weighted by atomic mass is 10.0. The Hall–Kier alpha value is -0.0700. The van der Waals surface area contributed by atoms with Crippen molar-refractivity contribution in [2.45, 2.75) is 44.2 Å². The van der Waals surface area contributed by atoms with Crippen molar-refractivity contribution in [3.8, 4) is 0 Å². The second-order valence-electron chi connectivity index (χ2n) is 6.29. The Bertz CT molecular complexity index is 327. The molecule has 22 heavy (non-hydrogen) atoms. The van der Waals surface area contributed by atoms with Crippen molar-refractivity contribution in [3.63, 3.8) is 0 Å². The third-order valence-electron chi connectivity index (χ3n) is 4.89. The highest BCUT2D eigenvalue weighted by Gasteiger charge is 2.29. The van der Waals surface area contributed by atoms with Gasteiger partial charge in [0.05, 0.1) is 13.2 Å². The number of piperidine rings is 1. The normalized spacial score (nSPS) is 27.1. The molecule has 7 heteroatoms. The predicted octanol–water partition coefficient (Wildman–Crippen LogP) is 1.30. The van der Waals surface area contributed by atoms with Crippen LogP contribution in [0.1, 0.15) is 32.1 Å². The summed E-state index contributed by atoms with van der Waals surface area (Å²) in [4.78, 5) is 17.0. The van der Waals surface area contributed by atoms with E-state index in [1.165, 1.54) is 25.9 Å². The van der Waals surface area contributed by atoms with Gasteiger partial charge in [-0.3, -0.25) is 4.79 Å². The molecular formula is C15H29Cl2N3O2. The van der Waals surface area contributed by atoms with Crippen LogP contribution in [0.4, 0.5) is 0 Å². The molecule has 130 valence electrons. The SMILES string of the molecule is Cl.Cl.O=C(CC1COCCN1)N1CCC(N2CCCC2)CC1. The molecule has 0 saturated carbocycles. The van der Waals surface area contributed by atoms with Crippen LogP contribution in [-0.4, -0.2) is 73.7 Å². The quantitative estimate of drug-likeness (QED) is 0.830. The van der Waals surface area contributed by atoms with Crippen LogP contribution >= 0.6 is 24.8 Å². The highest BCUT2D eigenvalue weighted by Crippen LogP contribution is 2.21. The number of carbonyl (C=O) groups is 1. The number of halogens is 2. The zero-order chi connectivity index (χ0) is 13.8. The van der Waals surface area contributed by atoms with Gasteiger partial charge in [-0.05, 0) is 38.8 Å². The number of ether oxygens (including phenoxy) is 1. The summed E-state index contributed by atoms with van der Waals surface area (Å²) in [5, 5.41) is 3.36. The third-order valence-corrected chi connectivity index (χ3v) is 4.89. The van der Waals surface area contributed by atoms with Crippen LogP contribution in [-0.2, 0) is 9.53 Å². The fraction of sp³-hybridized carbons (Fsp3) is 0.933. The van der Waals surface area contributed by atoms with Crippen LogP contribution in [0.15, 0.2) is 0 Å². The summed E-state index contributed by atoms with van der Waals surface area (Å²) in [6, 6.07) is 0.935. The van der Waals surface area contributed by atoms with Crippen LogP contribution in [0.25, 0.3) is 0 Å². The molecular weight excluding hydrogens is 325 g/mol. The second kappa shape index (κ2) is 9.93. The van der Waals surface area contributed by atoms with E-state index in [9.17, 15) is 4.79 Å². The first-order chi connectivity index (χ1) is 9.83. The number of nitrogens with one attached hydrogen (secondary N) is 1. The Morgan fingerprint density at radius 2 is 1.77 bits per heavy atom.